The molecule has 1 amide bonds. The van der Waals surface area contributed by atoms with Crippen molar-refractivity contribution in [3.05, 3.63) is 23.5 Å². The van der Waals surface area contributed by atoms with Crippen molar-refractivity contribution >= 4 is 22.9 Å². The molecule has 1 aromatic rings. The number of rotatable bonds is 5. The first kappa shape index (κ1) is 19.2. The fourth-order valence-corrected chi connectivity index (χ4v) is 3.78. The molecule has 2 aliphatic heterocycles. The van der Waals surface area contributed by atoms with Gasteiger partial charge in [0.1, 0.15) is 11.5 Å². The molecule has 1 saturated heterocycles. The number of ether oxygens (including phenoxy) is 2. The third-order valence-corrected chi connectivity index (χ3v) is 5.13. The predicted octanol–water partition coefficient (Wildman–Crippen LogP) is 2.75. The Morgan fingerprint density at radius 2 is 2.07 bits per heavy atom. The summed E-state index contributed by atoms with van der Waals surface area (Å²) in [4.78, 5) is 14.3. The Bertz CT molecular complexity index is 778. The summed E-state index contributed by atoms with van der Waals surface area (Å²) < 4.78 is 11.2. The lowest BCUT2D eigenvalue weighted by atomic mass is 9.95. The minimum Gasteiger partial charge on any atom is -0.512 e. The van der Waals surface area contributed by atoms with E-state index in [1.165, 1.54) is 7.11 Å². The third kappa shape index (κ3) is 3.93. The standard InChI is InChI=1S/C20H27N3O4/c1-12(21)20(13(2)24)15-8-18-16(9-17(15)26-3)23(19(25)11-27-18)10-14-4-6-22-7-5-14/h8-9,14,21-22,24H,4-7,10-11H2,1-3H3/b20-13+,21-12?. The lowest BCUT2D eigenvalue weighted by Gasteiger charge is -2.34. The van der Waals surface area contributed by atoms with Gasteiger partial charge in [0.15, 0.2) is 6.61 Å². The van der Waals surface area contributed by atoms with E-state index in [0.29, 0.717) is 40.8 Å². The highest BCUT2D eigenvalue weighted by atomic mass is 16.5. The Labute approximate surface area is 159 Å². The summed E-state index contributed by atoms with van der Waals surface area (Å²) in [5.74, 6) is 1.50. The smallest absolute Gasteiger partial charge is 0.265 e. The van der Waals surface area contributed by atoms with E-state index in [1.807, 2.05) is 0 Å². The molecule has 0 bridgehead atoms. The van der Waals surface area contributed by atoms with Gasteiger partial charge in [0.05, 0.1) is 18.6 Å². The highest BCUT2D eigenvalue weighted by Crippen LogP contribution is 2.41. The molecule has 0 saturated carbocycles. The number of hydrogen-bond acceptors (Lipinski definition) is 6. The minimum atomic E-state index is -0.0619. The number of methoxy groups -OCH3 is 1. The van der Waals surface area contributed by atoms with Gasteiger partial charge < -0.3 is 30.2 Å². The fraction of sp³-hybridized carbons (Fsp3) is 0.500. The first-order valence-electron chi connectivity index (χ1n) is 9.24. The van der Waals surface area contributed by atoms with Crippen molar-refractivity contribution in [1.82, 2.24) is 5.32 Å². The Hall–Kier alpha value is -2.54. The molecule has 0 unspecified atom stereocenters. The molecule has 2 heterocycles. The highest BCUT2D eigenvalue weighted by Gasteiger charge is 2.30. The van der Waals surface area contributed by atoms with Gasteiger partial charge in [-0.1, -0.05) is 0 Å². The molecule has 146 valence electrons. The number of carbonyl (C=O) groups excluding carboxylic acids is 1. The largest absolute Gasteiger partial charge is 0.512 e. The van der Waals surface area contributed by atoms with E-state index in [-0.39, 0.29) is 24.0 Å². The van der Waals surface area contributed by atoms with Crippen LogP contribution in [0.25, 0.3) is 5.57 Å². The first-order valence-corrected chi connectivity index (χ1v) is 9.24. The van der Waals surface area contributed by atoms with Crippen LogP contribution in [0.15, 0.2) is 17.9 Å². The number of benzene rings is 1. The lowest BCUT2D eigenvalue weighted by Crippen LogP contribution is -2.43. The topological polar surface area (TPSA) is 94.9 Å². The van der Waals surface area contributed by atoms with E-state index in [2.05, 4.69) is 5.32 Å². The number of carbonyl (C=O) groups is 1. The van der Waals surface area contributed by atoms with Gasteiger partial charge in [0.25, 0.3) is 5.91 Å². The summed E-state index contributed by atoms with van der Waals surface area (Å²) in [6, 6.07) is 3.53. The zero-order chi connectivity index (χ0) is 19.6. The van der Waals surface area contributed by atoms with Crippen LogP contribution in [0.2, 0.25) is 0 Å². The zero-order valence-electron chi connectivity index (χ0n) is 16.1. The summed E-state index contributed by atoms with van der Waals surface area (Å²) >= 11 is 0. The second-order valence-corrected chi connectivity index (χ2v) is 7.09. The lowest BCUT2D eigenvalue weighted by molar-refractivity contribution is -0.121. The van der Waals surface area contributed by atoms with Crippen molar-refractivity contribution in [2.75, 3.05) is 38.3 Å². The number of nitrogens with one attached hydrogen (secondary N) is 2. The maximum atomic E-state index is 12.5. The monoisotopic (exact) mass is 373 g/mol. The van der Waals surface area contributed by atoms with Crippen LogP contribution in [0.3, 0.4) is 0 Å². The molecular weight excluding hydrogens is 346 g/mol. The molecule has 0 aromatic heterocycles. The van der Waals surface area contributed by atoms with Crippen LogP contribution in [-0.4, -0.2) is 50.1 Å². The van der Waals surface area contributed by atoms with Crippen molar-refractivity contribution in [2.45, 2.75) is 26.7 Å². The SMILES string of the molecule is COc1cc2c(cc1/C(C(C)=N)=C(\C)O)OCC(=O)N2CC1CCNCC1. The number of fused-ring (bicyclic) bond motifs is 1. The van der Waals surface area contributed by atoms with Gasteiger partial charge in [-0.25, -0.2) is 0 Å². The van der Waals surface area contributed by atoms with Gasteiger partial charge in [-0.05, 0) is 51.8 Å². The van der Waals surface area contributed by atoms with E-state index in [0.717, 1.165) is 25.9 Å². The van der Waals surface area contributed by atoms with Gasteiger partial charge in [-0.15, -0.1) is 0 Å². The van der Waals surface area contributed by atoms with Crippen molar-refractivity contribution < 1.29 is 19.4 Å². The summed E-state index contributed by atoms with van der Waals surface area (Å²) in [5.41, 5.74) is 1.90. The molecule has 2 aliphatic rings. The normalized spacial score (nSPS) is 18.5. The Balaban J connectivity index is 2.02. The van der Waals surface area contributed by atoms with Crippen LogP contribution in [0.5, 0.6) is 11.5 Å². The average Bonchev–Trinajstić information content (AvgIpc) is 2.64. The molecular formula is C20H27N3O4. The molecule has 3 rings (SSSR count). The Morgan fingerprint density at radius 3 is 2.67 bits per heavy atom. The molecule has 7 nitrogen and oxygen atoms in total. The van der Waals surface area contributed by atoms with Crippen molar-refractivity contribution in [3.63, 3.8) is 0 Å². The molecule has 0 aliphatic carbocycles. The Kier molecular flexibility index (Phi) is 5.70. The van der Waals surface area contributed by atoms with E-state index in [9.17, 15) is 9.90 Å². The Morgan fingerprint density at radius 1 is 1.37 bits per heavy atom. The summed E-state index contributed by atoms with van der Waals surface area (Å²) in [6.45, 7) is 5.75. The van der Waals surface area contributed by atoms with Gasteiger partial charge in [0, 0.05) is 29.5 Å². The van der Waals surface area contributed by atoms with E-state index >= 15 is 0 Å². The average molecular weight is 373 g/mol. The van der Waals surface area contributed by atoms with Crippen LogP contribution >= 0.6 is 0 Å². The van der Waals surface area contributed by atoms with E-state index in [1.54, 1.807) is 30.9 Å². The first-order chi connectivity index (χ1) is 12.9. The number of piperidine rings is 1. The maximum absolute atomic E-state index is 12.5. The van der Waals surface area contributed by atoms with Gasteiger partial charge in [-0.3, -0.25) is 4.79 Å². The number of hydrogen-bond donors (Lipinski definition) is 3. The van der Waals surface area contributed by atoms with Crippen LogP contribution < -0.4 is 19.7 Å². The van der Waals surface area contributed by atoms with Crippen LogP contribution in [-0.2, 0) is 4.79 Å². The molecule has 3 N–H and O–H groups in total. The van der Waals surface area contributed by atoms with E-state index < -0.39 is 0 Å². The van der Waals surface area contributed by atoms with Crippen LogP contribution in [0, 0.1) is 11.3 Å². The number of amides is 1. The minimum absolute atomic E-state index is 0.00946. The zero-order valence-corrected chi connectivity index (χ0v) is 16.1. The van der Waals surface area contributed by atoms with Crippen molar-refractivity contribution in [2.24, 2.45) is 5.92 Å². The quantitative estimate of drug-likeness (QED) is 0.545. The van der Waals surface area contributed by atoms with Crippen LogP contribution in [0.1, 0.15) is 32.3 Å². The predicted molar refractivity (Wildman–Crippen MR) is 105 cm³/mol. The molecule has 0 radical (unpaired) electrons. The molecule has 1 aromatic carbocycles. The summed E-state index contributed by atoms with van der Waals surface area (Å²) in [5, 5.41) is 21.4. The summed E-state index contributed by atoms with van der Waals surface area (Å²) in [7, 11) is 1.54. The molecule has 0 spiro atoms. The van der Waals surface area contributed by atoms with Crippen LogP contribution in [0.4, 0.5) is 5.69 Å². The van der Waals surface area contributed by atoms with Crippen molar-refractivity contribution in [1.29, 1.82) is 5.41 Å². The van der Waals surface area contributed by atoms with Gasteiger partial charge in [-0.2, -0.15) is 0 Å². The molecule has 0 atom stereocenters. The van der Waals surface area contributed by atoms with Gasteiger partial charge >= 0.3 is 0 Å². The molecule has 27 heavy (non-hydrogen) atoms. The fourth-order valence-electron chi connectivity index (χ4n) is 3.78. The molecule has 7 heteroatoms. The number of aliphatic hydroxyl groups is 1. The van der Waals surface area contributed by atoms with E-state index in [4.69, 9.17) is 14.9 Å². The third-order valence-electron chi connectivity index (χ3n) is 5.13. The number of anilines is 1. The number of allylic oxidation sites excluding steroid dienone is 2. The van der Waals surface area contributed by atoms with Crippen molar-refractivity contribution in [3.8, 4) is 11.5 Å². The second kappa shape index (κ2) is 8.00. The van der Waals surface area contributed by atoms with Gasteiger partial charge in [0.2, 0.25) is 0 Å². The number of nitrogens with zero attached hydrogens (tertiary/aromatic N) is 1. The maximum Gasteiger partial charge on any atom is 0.265 e. The highest BCUT2D eigenvalue weighted by molar-refractivity contribution is 6.22. The molecule has 1 fully saturated rings. The number of aliphatic hydroxyl groups excluding tert-OH is 1. The summed E-state index contributed by atoms with van der Waals surface area (Å²) in [6.07, 6.45) is 2.08. The second-order valence-electron chi connectivity index (χ2n) is 7.09.